The number of ether oxygens (including phenoxy) is 1. The van der Waals surface area contributed by atoms with E-state index >= 15 is 0 Å². The number of rotatable bonds is 4. The third kappa shape index (κ3) is 3.45. The van der Waals surface area contributed by atoms with Crippen molar-refractivity contribution < 1.29 is 13.9 Å². The summed E-state index contributed by atoms with van der Waals surface area (Å²) in [6.07, 6.45) is 0. The van der Waals surface area contributed by atoms with Crippen LogP contribution in [0.15, 0.2) is 18.2 Å². The van der Waals surface area contributed by atoms with Crippen LogP contribution in [0.3, 0.4) is 0 Å². The van der Waals surface area contributed by atoms with Crippen LogP contribution in [0.5, 0.6) is 5.75 Å². The Morgan fingerprint density at radius 1 is 1.59 bits per heavy atom. The van der Waals surface area contributed by atoms with Crippen molar-refractivity contribution in [2.75, 3.05) is 13.7 Å². The molecule has 0 bridgehead atoms. The third-order valence-electron chi connectivity index (χ3n) is 2.16. The number of hydrogen-bond donors (Lipinski definition) is 0. The zero-order valence-corrected chi connectivity index (χ0v) is 9.74. The summed E-state index contributed by atoms with van der Waals surface area (Å²) < 4.78 is 18.5. The number of carbonyl (C=O) groups excluding carboxylic acids is 1. The van der Waals surface area contributed by atoms with E-state index in [2.05, 4.69) is 0 Å². The third-order valence-corrected chi connectivity index (χ3v) is 2.16. The standard InChI is InChI=1S/C12H13FN2O2/c1-3-17-11-5-4-9(6-10(11)13)8-15(2)12(16)7-14/h4-6H,3,8H2,1-2H3. The molecule has 1 amide bonds. The lowest BCUT2D eigenvalue weighted by atomic mass is 10.2. The molecule has 0 aliphatic heterocycles. The molecule has 5 heteroatoms. The predicted octanol–water partition coefficient (Wildman–Crippen LogP) is 1.71. The smallest absolute Gasteiger partial charge is 0.325 e. The predicted molar refractivity (Wildman–Crippen MR) is 59.7 cm³/mol. The van der Waals surface area contributed by atoms with Crippen molar-refractivity contribution in [3.05, 3.63) is 29.6 Å². The van der Waals surface area contributed by atoms with E-state index in [4.69, 9.17) is 10.00 Å². The largest absolute Gasteiger partial charge is 0.491 e. The van der Waals surface area contributed by atoms with Gasteiger partial charge in [-0.25, -0.2) is 4.39 Å². The van der Waals surface area contributed by atoms with E-state index in [-0.39, 0.29) is 12.3 Å². The molecule has 0 aliphatic rings. The van der Waals surface area contributed by atoms with Gasteiger partial charge < -0.3 is 9.64 Å². The number of amides is 1. The average Bonchev–Trinajstić information content (AvgIpc) is 2.31. The lowest BCUT2D eigenvalue weighted by Crippen LogP contribution is -2.24. The molecule has 0 spiro atoms. The molecule has 4 nitrogen and oxygen atoms in total. The molecule has 0 fully saturated rings. The first-order chi connectivity index (χ1) is 8.08. The molecule has 0 unspecified atom stereocenters. The molecular weight excluding hydrogens is 223 g/mol. The number of benzene rings is 1. The molecule has 0 heterocycles. The second kappa shape index (κ2) is 5.85. The Hall–Kier alpha value is -2.09. The summed E-state index contributed by atoms with van der Waals surface area (Å²) in [5.41, 5.74) is 0.608. The Morgan fingerprint density at radius 2 is 2.29 bits per heavy atom. The van der Waals surface area contributed by atoms with E-state index < -0.39 is 11.7 Å². The molecule has 1 aromatic rings. The molecule has 0 saturated heterocycles. The maximum atomic E-state index is 13.5. The Labute approximate surface area is 99.2 Å². The van der Waals surface area contributed by atoms with Crippen LogP contribution in [0.4, 0.5) is 4.39 Å². The van der Waals surface area contributed by atoms with Gasteiger partial charge in [-0.3, -0.25) is 4.79 Å². The molecule has 0 N–H and O–H groups in total. The highest BCUT2D eigenvalue weighted by Crippen LogP contribution is 2.18. The van der Waals surface area contributed by atoms with Gasteiger partial charge in [-0.1, -0.05) is 6.07 Å². The van der Waals surface area contributed by atoms with Gasteiger partial charge in [0.1, 0.15) is 0 Å². The summed E-state index contributed by atoms with van der Waals surface area (Å²) in [7, 11) is 1.49. The van der Waals surface area contributed by atoms with E-state index in [1.165, 1.54) is 30.1 Å². The summed E-state index contributed by atoms with van der Waals surface area (Å²) in [4.78, 5) is 12.2. The van der Waals surface area contributed by atoms with Crippen LogP contribution in [0, 0.1) is 17.1 Å². The van der Waals surface area contributed by atoms with E-state index in [1.807, 2.05) is 0 Å². The zero-order valence-electron chi connectivity index (χ0n) is 9.74. The number of halogens is 1. The molecule has 90 valence electrons. The fourth-order valence-corrected chi connectivity index (χ4v) is 1.35. The second-order valence-corrected chi connectivity index (χ2v) is 3.47. The van der Waals surface area contributed by atoms with Gasteiger partial charge in [0.05, 0.1) is 6.61 Å². The summed E-state index contributed by atoms with van der Waals surface area (Å²) >= 11 is 0. The quantitative estimate of drug-likeness (QED) is 0.748. The highest BCUT2D eigenvalue weighted by molar-refractivity contribution is 5.90. The summed E-state index contributed by atoms with van der Waals surface area (Å²) in [6, 6.07) is 5.97. The minimum absolute atomic E-state index is 0.186. The molecular formula is C12H13FN2O2. The summed E-state index contributed by atoms with van der Waals surface area (Å²) in [5, 5.41) is 8.42. The Bertz CT molecular complexity index is 454. The van der Waals surface area contributed by atoms with E-state index in [1.54, 1.807) is 13.0 Å². The van der Waals surface area contributed by atoms with Gasteiger partial charge in [-0.15, -0.1) is 0 Å². The number of nitriles is 1. The van der Waals surface area contributed by atoms with Crippen molar-refractivity contribution >= 4 is 5.91 Å². The lowest BCUT2D eigenvalue weighted by molar-refractivity contribution is -0.124. The van der Waals surface area contributed by atoms with Crippen molar-refractivity contribution in [1.29, 1.82) is 5.26 Å². The van der Waals surface area contributed by atoms with E-state index in [0.29, 0.717) is 12.2 Å². The van der Waals surface area contributed by atoms with Crippen molar-refractivity contribution in [3.8, 4) is 11.8 Å². The minimum atomic E-state index is -0.653. The molecule has 0 saturated carbocycles. The fourth-order valence-electron chi connectivity index (χ4n) is 1.35. The topological polar surface area (TPSA) is 53.3 Å². The van der Waals surface area contributed by atoms with Gasteiger partial charge in [0.15, 0.2) is 17.6 Å². The van der Waals surface area contributed by atoms with Crippen LogP contribution in [0.1, 0.15) is 12.5 Å². The average molecular weight is 236 g/mol. The molecule has 0 radical (unpaired) electrons. The van der Waals surface area contributed by atoms with Crippen molar-refractivity contribution in [2.24, 2.45) is 0 Å². The van der Waals surface area contributed by atoms with Crippen molar-refractivity contribution in [3.63, 3.8) is 0 Å². The Balaban J connectivity index is 2.77. The van der Waals surface area contributed by atoms with E-state index in [0.717, 1.165) is 0 Å². The maximum Gasteiger partial charge on any atom is 0.325 e. The van der Waals surface area contributed by atoms with Gasteiger partial charge in [-0.2, -0.15) is 5.26 Å². The van der Waals surface area contributed by atoms with Gasteiger partial charge in [0.25, 0.3) is 0 Å². The number of nitrogens with zero attached hydrogens (tertiary/aromatic N) is 2. The van der Waals surface area contributed by atoms with Crippen LogP contribution in [-0.4, -0.2) is 24.5 Å². The number of carbonyl (C=O) groups is 1. The molecule has 1 aromatic carbocycles. The second-order valence-electron chi connectivity index (χ2n) is 3.47. The molecule has 17 heavy (non-hydrogen) atoms. The van der Waals surface area contributed by atoms with Gasteiger partial charge >= 0.3 is 5.91 Å². The zero-order chi connectivity index (χ0) is 12.8. The maximum absolute atomic E-state index is 13.5. The molecule has 1 rings (SSSR count). The lowest BCUT2D eigenvalue weighted by Gasteiger charge is -2.13. The van der Waals surface area contributed by atoms with Crippen LogP contribution < -0.4 is 4.74 Å². The van der Waals surface area contributed by atoms with Crippen LogP contribution in [-0.2, 0) is 11.3 Å². The monoisotopic (exact) mass is 236 g/mol. The highest BCUT2D eigenvalue weighted by Gasteiger charge is 2.10. The van der Waals surface area contributed by atoms with Crippen LogP contribution in [0.25, 0.3) is 0 Å². The first-order valence-corrected chi connectivity index (χ1v) is 5.15. The van der Waals surface area contributed by atoms with Gasteiger partial charge in [0, 0.05) is 13.6 Å². The SMILES string of the molecule is CCOc1ccc(CN(C)C(=O)C#N)cc1F. The minimum Gasteiger partial charge on any atom is -0.491 e. The fraction of sp³-hybridized carbons (Fsp3) is 0.333. The molecule has 0 aliphatic carbocycles. The van der Waals surface area contributed by atoms with Gasteiger partial charge in [-0.05, 0) is 24.6 Å². The number of hydrogen-bond acceptors (Lipinski definition) is 3. The summed E-state index contributed by atoms with van der Waals surface area (Å²) in [6.45, 7) is 2.35. The van der Waals surface area contributed by atoms with Gasteiger partial charge in [0.2, 0.25) is 0 Å². The van der Waals surface area contributed by atoms with Crippen molar-refractivity contribution in [2.45, 2.75) is 13.5 Å². The van der Waals surface area contributed by atoms with Crippen molar-refractivity contribution in [1.82, 2.24) is 4.90 Å². The first-order valence-electron chi connectivity index (χ1n) is 5.15. The Kier molecular flexibility index (Phi) is 4.46. The highest BCUT2D eigenvalue weighted by atomic mass is 19.1. The molecule has 0 aromatic heterocycles. The van der Waals surface area contributed by atoms with Crippen LogP contribution >= 0.6 is 0 Å². The Morgan fingerprint density at radius 3 is 2.82 bits per heavy atom. The molecule has 0 atom stereocenters. The van der Waals surface area contributed by atoms with E-state index in [9.17, 15) is 9.18 Å². The van der Waals surface area contributed by atoms with Crippen LogP contribution in [0.2, 0.25) is 0 Å². The summed E-state index contributed by atoms with van der Waals surface area (Å²) in [5.74, 6) is -0.938. The normalized spacial score (nSPS) is 9.53. The first kappa shape index (κ1) is 13.0.